The van der Waals surface area contributed by atoms with Gasteiger partial charge in [0.05, 0.1) is 0 Å². The first-order chi connectivity index (χ1) is 7.54. The molecule has 1 fully saturated rings. The van der Waals surface area contributed by atoms with Crippen LogP contribution in [0.1, 0.15) is 27.2 Å². The fourth-order valence-electron chi connectivity index (χ4n) is 2.58. The van der Waals surface area contributed by atoms with Crippen molar-refractivity contribution in [1.29, 1.82) is 0 Å². The molecule has 0 radical (unpaired) electrons. The summed E-state index contributed by atoms with van der Waals surface area (Å²) >= 11 is 0. The third-order valence-electron chi connectivity index (χ3n) is 3.79. The molecule has 3 nitrogen and oxygen atoms in total. The van der Waals surface area contributed by atoms with Gasteiger partial charge in [-0.3, -0.25) is 4.90 Å². The number of rotatable bonds is 4. The summed E-state index contributed by atoms with van der Waals surface area (Å²) in [6.45, 7) is 11.8. The van der Waals surface area contributed by atoms with Crippen LogP contribution in [0.4, 0.5) is 0 Å². The summed E-state index contributed by atoms with van der Waals surface area (Å²) in [5.41, 5.74) is 0. The Labute approximate surface area is 101 Å². The molecule has 1 saturated heterocycles. The van der Waals surface area contributed by atoms with Gasteiger partial charge in [-0.25, -0.2) is 0 Å². The highest BCUT2D eigenvalue weighted by molar-refractivity contribution is 4.80. The van der Waals surface area contributed by atoms with Crippen LogP contribution in [-0.4, -0.2) is 62.2 Å². The van der Waals surface area contributed by atoms with Crippen molar-refractivity contribution >= 4 is 0 Å². The Bertz CT molecular complexity index is 194. The van der Waals surface area contributed by atoms with E-state index in [1.165, 1.54) is 32.6 Å². The highest BCUT2D eigenvalue weighted by atomic mass is 15.2. The first-order valence-corrected chi connectivity index (χ1v) is 6.64. The van der Waals surface area contributed by atoms with Gasteiger partial charge in [0.15, 0.2) is 0 Å². The van der Waals surface area contributed by atoms with Crippen molar-refractivity contribution in [2.24, 2.45) is 5.92 Å². The van der Waals surface area contributed by atoms with Crippen molar-refractivity contribution < 1.29 is 0 Å². The molecule has 0 saturated carbocycles. The van der Waals surface area contributed by atoms with Crippen LogP contribution in [0.3, 0.4) is 0 Å². The summed E-state index contributed by atoms with van der Waals surface area (Å²) in [5.74, 6) is 0.707. The molecule has 1 rings (SSSR count). The predicted molar refractivity (Wildman–Crippen MR) is 70.8 cm³/mol. The van der Waals surface area contributed by atoms with E-state index in [1.807, 2.05) is 0 Å². The van der Waals surface area contributed by atoms with E-state index in [9.17, 15) is 0 Å². The van der Waals surface area contributed by atoms with Crippen LogP contribution in [0.2, 0.25) is 0 Å². The van der Waals surface area contributed by atoms with Gasteiger partial charge in [-0.1, -0.05) is 13.8 Å². The molecule has 1 aliphatic heterocycles. The van der Waals surface area contributed by atoms with E-state index in [0.29, 0.717) is 18.0 Å². The second-order valence-electron chi connectivity index (χ2n) is 5.60. The highest BCUT2D eigenvalue weighted by Crippen LogP contribution is 2.11. The summed E-state index contributed by atoms with van der Waals surface area (Å²) in [6.07, 6.45) is 1.30. The van der Waals surface area contributed by atoms with Crippen LogP contribution in [-0.2, 0) is 0 Å². The Kier molecular flexibility index (Phi) is 5.73. The zero-order chi connectivity index (χ0) is 12.1. The summed E-state index contributed by atoms with van der Waals surface area (Å²) in [7, 11) is 4.32. The summed E-state index contributed by atoms with van der Waals surface area (Å²) in [4.78, 5) is 5.10. The smallest absolute Gasteiger partial charge is 0.0215 e. The van der Waals surface area contributed by atoms with E-state index in [-0.39, 0.29) is 0 Å². The SMILES string of the molecule is CNC(CN1CCCN(C)CC1C)C(C)C. The van der Waals surface area contributed by atoms with Crippen molar-refractivity contribution in [3.63, 3.8) is 0 Å². The second-order valence-corrected chi connectivity index (χ2v) is 5.60. The normalized spacial score (nSPS) is 27.0. The van der Waals surface area contributed by atoms with Crippen LogP contribution in [0.5, 0.6) is 0 Å². The minimum Gasteiger partial charge on any atom is -0.315 e. The molecule has 3 heteroatoms. The van der Waals surface area contributed by atoms with Gasteiger partial charge in [-0.15, -0.1) is 0 Å². The molecule has 2 atom stereocenters. The minimum absolute atomic E-state index is 0.617. The molecule has 1 N–H and O–H groups in total. The Hall–Kier alpha value is -0.120. The largest absolute Gasteiger partial charge is 0.315 e. The van der Waals surface area contributed by atoms with Crippen molar-refractivity contribution in [3.05, 3.63) is 0 Å². The van der Waals surface area contributed by atoms with Crippen LogP contribution in [0, 0.1) is 5.92 Å². The van der Waals surface area contributed by atoms with Crippen LogP contribution >= 0.6 is 0 Å². The summed E-state index contributed by atoms with van der Waals surface area (Å²) in [5, 5.41) is 3.45. The highest BCUT2D eigenvalue weighted by Gasteiger charge is 2.23. The average molecular weight is 227 g/mol. The van der Waals surface area contributed by atoms with Gasteiger partial charge in [-0.2, -0.15) is 0 Å². The molecule has 0 amide bonds. The Morgan fingerprint density at radius 2 is 2.00 bits per heavy atom. The lowest BCUT2D eigenvalue weighted by molar-refractivity contribution is 0.171. The van der Waals surface area contributed by atoms with E-state index in [4.69, 9.17) is 0 Å². The molecule has 0 aromatic heterocycles. The zero-order valence-corrected chi connectivity index (χ0v) is 11.7. The van der Waals surface area contributed by atoms with E-state index >= 15 is 0 Å². The first-order valence-electron chi connectivity index (χ1n) is 6.64. The quantitative estimate of drug-likeness (QED) is 0.780. The fourth-order valence-corrected chi connectivity index (χ4v) is 2.58. The molecule has 0 bridgehead atoms. The minimum atomic E-state index is 0.617. The third-order valence-corrected chi connectivity index (χ3v) is 3.79. The van der Waals surface area contributed by atoms with E-state index in [0.717, 1.165) is 0 Å². The van der Waals surface area contributed by atoms with Gasteiger partial charge in [0.2, 0.25) is 0 Å². The molecule has 0 aliphatic carbocycles. The van der Waals surface area contributed by atoms with Gasteiger partial charge >= 0.3 is 0 Å². The fraction of sp³-hybridized carbons (Fsp3) is 1.00. The van der Waals surface area contributed by atoms with Crippen molar-refractivity contribution in [2.75, 3.05) is 40.3 Å². The number of nitrogens with zero attached hydrogens (tertiary/aromatic N) is 2. The van der Waals surface area contributed by atoms with E-state index in [1.54, 1.807) is 0 Å². The average Bonchev–Trinajstić information content (AvgIpc) is 2.36. The third kappa shape index (κ3) is 4.04. The van der Waals surface area contributed by atoms with Gasteiger partial charge in [0.25, 0.3) is 0 Å². The standard InChI is InChI=1S/C13H29N3/c1-11(2)13(14-4)10-16-8-6-7-15(5)9-12(16)3/h11-14H,6-10H2,1-5H3. The number of hydrogen-bond donors (Lipinski definition) is 1. The van der Waals surface area contributed by atoms with Crippen LogP contribution in [0.25, 0.3) is 0 Å². The maximum Gasteiger partial charge on any atom is 0.0215 e. The van der Waals surface area contributed by atoms with Crippen LogP contribution < -0.4 is 5.32 Å². The predicted octanol–water partition coefficient (Wildman–Crippen LogP) is 1.26. The first kappa shape index (κ1) is 13.9. The molecule has 1 heterocycles. The van der Waals surface area contributed by atoms with Crippen molar-refractivity contribution in [3.8, 4) is 0 Å². The second kappa shape index (κ2) is 6.58. The van der Waals surface area contributed by atoms with Crippen molar-refractivity contribution in [1.82, 2.24) is 15.1 Å². The molecule has 96 valence electrons. The van der Waals surface area contributed by atoms with Crippen molar-refractivity contribution in [2.45, 2.75) is 39.3 Å². The Morgan fingerprint density at radius 3 is 2.56 bits per heavy atom. The topological polar surface area (TPSA) is 18.5 Å². The molecule has 0 aromatic rings. The molecular weight excluding hydrogens is 198 g/mol. The van der Waals surface area contributed by atoms with E-state index in [2.05, 4.69) is 50.0 Å². The van der Waals surface area contributed by atoms with E-state index < -0.39 is 0 Å². The van der Waals surface area contributed by atoms with Gasteiger partial charge < -0.3 is 10.2 Å². The van der Waals surface area contributed by atoms with Gasteiger partial charge in [0, 0.05) is 25.2 Å². The van der Waals surface area contributed by atoms with Gasteiger partial charge in [-0.05, 0) is 46.4 Å². The lowest BCUT2D eigenvalue weighted by Crippen LogP contribution is -2.47. The molecule has 0 spiro atoms. The lowest BCUT2D eigenvalue weighted by atomic mass is 10.0. The maximum atomic E-state index is 3.45. The Morgan fingerprint density at radius 1 is 1.31 bits per heavy atom. The molecule has 1 aliphatic rings. The molecular formula is C13H29N3. The number of nitrogens with one attached hydrogen (secondary N) is 1. The van der Waals surface area contributed by atoms with Gasteiger partial charge in [0.1, 0.15) is 0 Å². The molecule has 16 heavy (non-hydrogen) atoms. The number of likely N-dealkylation sites (N-methyl/N-ethyl adjacent to an activating group) is 2. The zero-order valence-electron chi connectivity index (χ0n) is 11.7. The monoisotopic (exact) mass is 227 g/mol. The lowest BCUT2D eigenvalue weighted by Gasteiger charge is -2.33. The summed E-state index contributed by atoms with van der Waals surface area (Å²) < 4.78 is 0. The number of hydrogen-bond acceptors (Lipinski definition) is 3. The summed E-state index contributed by atoms with van der Waals surface area (Å²) in [6, 6.07) is 1.30. The molecule has 2 unspecified atom stereocenters. The molecule has 0 aromatic carbocycles. The maximum absolute atomic E-state index is 3.45. The Balaban J connectivity index is 2.50. The van der Waals surface area contributed by atoms with Crippen LogP contribution in [0.15, 0.2) is 0 Å².